The standard InChI is InChI=1S/C13H10N4/c14-13-12-9(5-7-16-13)3-4-11(17-12)10-2-1-6-15-8-10/h1-8H,(H2,14,16). The Kier molecular flexibility index (Phi) is 2.19. The van der Waals surface area contributed by atoms with E-state index in [-0.39, 0.29) is 0 Å². The van der Waals surface area contributed by atoms with E-state index in [1.807, 2.05) is 30.3 Å². The number of pyridine rings is 3. The van der Waals surface area contributed by atoms with Crippen LogP contribution in [0, 0.1) is 0 Å². The Balaban J connectivity index is 2.23. The lowest BCUT2D eigenvalue weighted by Gasteiger charge is -2.03. The van der Waals surface area contributed by atoms with Gasteiger partial charge in [0.15, 0.2) is 0 Å². The third kappa shape index (κ3) is 1.69. The number of rotatable bonds is 1. The van der Waals surface area contributed by atoms with Gasteiger partial charge in [0.1, 0.15) is 11.3 Å². The van der Waals surface area contributed by atoms with Gasteiger partial charge in [0.2, 0.25) is 0 Å². The highest BCUT2D eigenvalue weighted by molar-refractivity contribution is 5.88. The van der Waals surface area contributed by atoms with E-state index in [0.717, 1.165) is 22.2 Å². The Morgan fingerprint density at radius 1 is 1.00 bits per heavy atom. The molecule has 0 unspecified atom stereocenters. The van der Waals surface area contributed by atoms with Gasteiger partial charge in [-0.05, 0) is 24.3 Å². The number of aromatic nitrogens is 3. The Bertz CT molecular complexity index is 665. The van der Waals surface area contributed by atoms with Crippen LogP contribution in [0.15, 0.2) is 48.9 Å². The molecule has 3 aromatic rings. The number of nitrogen functional groups attached to an aromatic ring is 1. The van der Waals surface area contributed by atoms with Crippen molar-refractivity contribution in [1.82, 2.24) is 15.0 Å². The largest absolute Gasteiger partial charge is 0.382 e. The first kappa shape index (κ1) is 9.72. The summed E-state index contributed by atoms with van der Waals surface area (Å²) in [5.41, 5.74) is 8.37. The Morgan fingerprint density at radius 2 is 1.94 bits per heavy atom. The molecule has 0 aliphatic heterocycles. The highest BCUT2D eigenvalue weighted by atomic mass is 14.9. The van der Waals surface area contributed by atoms with Crippen LogP contribution in [0.1, 0.15) is 0 Å². The van der Waals surface area contributed by atoms with E-state index in [2.05, 4.69) is 15.0 Å². The molecule has 2 N–H and O–H groups in total. The molecule has 0 saturated heterocycles. The predicted molar refractivity (Wildman–Crippen MR) is 67.2 cm³/mol. The number of nitrogens with zero attached hydrogens (tertiary/aromatic N) is 3. The molecule has 82 valence electrons. The van der Waals surface area contributed by atoms with Crippen LogP contribution in [0.3, 0.4) is 0 Å². The van der Waals surface area contributed by atoms with E-state index in [1.165, 1.54) is 0 Å². The van der Waals surface area contributed by atoms with Crippen LogP contribution in [-0.4, -0.2) is 15.0 Å². The zero-order chi connectivity index (χ0) is 11.7. The van der Waals surface area contributed by atoms with Crippen LogP contribution in [0.4, 0.5) is 5.82 Å². The molecule has 3 heterocycles. The zero-order valence-electron chi connectivity index (χ0n) is 9.04. The number of fused-ring (bicyclic) bond motifs is 1. The average molecular weight is 222 g/mol. The van der Waals surface area contributed by atoms with Crippen molar-refractivity contribution in [1.29, 1.82) is 0 Å². The summed E-state index contributed by atoms with van der Waals surface area (Å²) in [4.78, 5) is 12.6. The minimum atomic E-state index is 0.452. The molecule has 0 saturated carbocycles. The van der Waals surface area contributed by atoms with Crippen molar-refractivity contribution >= 4 is 16.7 Å². The van der Waals surface area contributed by atoms with Crippen molar-refractivity contribution in [3.8, 4) is 11.3 Å². The number of nitrogens with two attached hydrogens (primary N) is 1. The zero-order valence-corrected chi connectivity index (χ0v) is 9.04. The van der Waals surface area contributed by atoms with Crippen LogP contribution in [0.2, 0.25) is 0 Å². The van der Waals surface area contributed by atoms with Crippen LogP contribution in [0.25, 0.3) is 22.2 Å². The highest BCUT2D eigenvalue weighted by Crippen LogP contribution is 2.22. The quantitative estimate of drug-likeness (QED) is 0.686. The first-order valence-corrected chi connectivity index (χ1v) is 5.26. The Labute approximate surface area is 98.2 Å². The molecule has 3 rings (SSSR count). The molecular weight excluding hydrogens is 212 g/mol. The second-order valence-electron chi connectivity index (χ2n) is 3.71. The molecule has 0 aromatic carbocycles. The monoisotopic (exact) mass is 222 g/mol. The second kappa shape index (κ2) is 3.83. The van der Waals surface area contributed by atoms with Gasteiger partial charge in [-0.2, -0.15) is 0 Å². The fourth-order valence-corrected chi connectivity index (χ4v) is 1.74. The van der Waals surface area contributed by atoms with Crippen LogP contribution in [-0.2, 0) is 0 Å². The summed E-state index contributed by atoms with van der Waals surface area (Å²) in [6.07, 6.45) is 5.20. The van der Waals surface area contributed by atoms with Gasteiger partial charge in [-0.1, -0.05) is 6.07 Å². The maximum atomic E-state index is 5.81. The van der Waals surface area contributed by atoms with Gasteiger partial charge >= 0.3 is 0 Å². The fourth-order valence-electron chi connectivity index (χ4n) is 1.74. The molecule has 3 aromatic heterocycles. The van der Waals surface area contributed by atoms with Gasteiger partial charge < -0.3 is 5.73 Å². The maximum absolute atomic E-state index is 5.81. The summed E-state index contributed by atoms with van der Waals surface area (Å²) >= 11 is 0. The molecule has 0 spiro atoms. The lowest BCUT2D eigenvalue weighted by molar-refractivity contribution is 1.29. The van der Waals surface area contributed by atoms with E-state index in [4.69, 9.17) is 5.73 Å². The van der Waals surface area contributed by atoms with Gasteiger partial charge in [-0.25, -0.2) is 9.97 Å². The minimum absolute atomic E-state index is 0.452. The molecule has 0 amide bonds. The summed E-state index contributed by atoms with van der Waals surface area (Å²) in [6.45, 7) is 0. The van der Waals surface area contributed by atoms with Gasteiger partial charge in [0.05, 0.1) is 5.69 Å². The summed E-state index contributed by atoms with van der Waals surface area (Å²) < 4.78 is 0. The van der Waals surface area contributed by atoms with Gasteiger partial charge in [-0.15, -0.1) is 0 Å². The van der Waals surface area contributed by atoms with E-state index < -0.39 is 0 Å². The summed E-state index contributed by atoms with van der Waals surface area (Å²) in [6, 6.07) is 9.69. The summed E-state index contributed by atoms with van der Waals surface area (Å²) in [5.74, 6) is 0.452. The SMILES string of the molecule is Nc1nccc2ccc(-c3cccnc3)nc12. The van der Waals surface area contributed by atoms with Gasteiger partial charge in [0.25, 0.3) is 0 Å². The molecule has 17 heavy (non-hydrogen) atoms. The van der Waals surface area contributed by atoms with E-state index >= 15 is 0 Å². The normalized spacial score (nSPS) is 10.6. The van der Waals surface area contributed by atoms with E-state index in [1.54, 1.807) is 18.6 Å². The summed E-state index contributed by atoms with van der Waals surface area (Å²) in [7, 11) is 0. The lowest BCUT2D eigenvalue weighted by Crippen LogP contribution is -1.94. The van der Waals surface area contributed by atoms with Crippen molar-refractivity contribution in [2.24, 2.45) is 0 Å². The first-order valence-electron chi connectivity index (χ1n) is 5.26. The van der Waals surface area contributed by atoms with Gasteiger partial charge in [-0.3, -0.25) is 4.98 Å². The third-order valence-electron chi connectivity index (χ3n) is 2.59. The number of hydrogen-bond acceptors (Lipinski definition) is 4. The van der Waals surface area contributed by atoms with Crippen LogP contribution >= 0.6 is 0 Å². The smallest absolute Gasteiger partial charge is 0.149 e. The molecule has 4 heteroatoms. The molecule has 0 atom stereocenters. The topological polar surface area (TPSA) is 64.7 Å². The maximum Gasteiger partial charge on any atom is 0.149 e. The van der Waals surface area contributed by atoms with E-state index in [9.17, 15) is 0 Å². The van der Waals surface area contributed by atoms with Crippen molar-refractivity contribution in [3.63, 3.8) is 0 Å². The van der Waals surface area contributed by atoms with Crippen molar-refractivity contribution in [3.05, 3.63) is 48.9 Å². The number of anilines is 1. The molecule has 0 aliphatic carbocycles. The first-order chi connectivity index (χ1) is 8.34. The fraction of sp³-hybridized carbons (Fsp3) is 0. The average Bonchev–Trinajstić information content (AvgIpc) is 2.40. The lowest BCUT2D eigenvalue weighted by atomic mass is 10.1. The highest BCUT2D eigenvalue weighted by Gasteiger charge is 2.04. The van der Waals surface area contributed by atoms with E-state index in [0.29, 0.717) is 5.82 Å². The summed E-state index contributed by atoms with van der Waals surface area (Å²) in [5, 5.41) is 0.991. The van der Waals surface area contributed by atoms with Crippen molar-refractivity contribution in [2.75, 3.05) is 5.73 Å². The molecule has 0 fully saturated rings. The minimum Gasteiger partial charge on any atom is -0.382 e. The van der Waals surface area contributed by atoms with Crippen molar-refractivity contribution in [2.45, 2.75) is 0 Å². The third-order valence-corrected chi connectivity index (χ3v) is 2.59. The van der Waals surface area contributed by atoms with Crippen LogP contribution in [0.5, 0.6) is 0 Å². The van der Waals surface area contributed by atoms with Crippen LogP contribution < -0.4 is 5.73 Å². The molecule has 4 nitrogen and oxygen atoms in total. The van der Waals surface area contributed by atoms with Gasteiger partial charge in [0, 0.05) is 29.5 Å². The Morgan fingerprint density at radius 3 is 2.76 bits per heavy atom. The molecule has 0 radical (unpaired) electrons. The number of hydrogen-bond donors (Lipinski definition) is 1. The Hall–Kier alpha value is -2.49. The molecule has 0 bridgehead atoms. The predicted octanol–water partition coefficient (Wildman–Crippen LogP) is 2.27. The molecular formula is C13H10N4. The molecule has 0 aliphatic rings. The van der Waals surface area contributed by atoms with Crippen molar-refractivity contribution < 1.29 is 0 Å². The second-order valence-corrected chi connectivity index (χ2v) is 3.71.